The Bertz CT molecular complexity index is 1130. The molecule has 2 aromatic carbocycles. The Hall–Kier alpha value is -3.13. The first-order chi connectivity index (χ1) is 16.6. The number of nitrogens with one attached hydrogen (secondary N) is 2. The molecule has 2 heterocycles. The Morgan fingerprint density at radius 1 is 1.03 bits per heavy atom. The average Bonchev–Trinajstić information content (AvgIpc) is 3.50. The van der Waals surface area contributed by atoms with E-state index in [1.165, 1.54) is 22.9 Å². The second-order valence-corrected chi connectivity index (χ2v) is 10.1. The van der Waals surface area contributed by atoms with Crippen LogP contribution in [0.25, 0.3) is 0 Å². The van der Waals surface area contributed by atoms with Gasteiger partial charge < -0.3 is 15.5 Å². The summed E-state index contributed by atoms with van der Waals surface area (Å²) in [5, 5.41) is 6.26. The van der Waals surface area contributed by atoms with Crippen LogP contribution in [0, 0.1) is 0 Å². The van der Waals surface area contributed by atoms with Gasteiger partial charge in [-0.15, -0.1) is 0 Å². The smallest absolute Gasteiger partial charge is 0.262 e. The maximum absolute atomic E-state index is 12.8. The zero-order chi connectivity index (χ0) is 23.5. The summed E-state index contributed by atoms with van der Waals surface area (Å²) >= 11 is 1.39. The van der Waals surface area contributed by atoms with Crippen LogP contribution in [0.2, 0.25) is 0 Å². The van der Waals surface area contributed by atoms with E-state index in [1.807, 2.05) is 12.1 Å². The topological polar surface area (TPSA) is 90.9 Å². The standard InChI is InChI=1S/C26H28N4O3S/c31-23(16-22-25(33)29-26(34-22)30-14-3-4-15-30)27-19-12-10-18(11-13-19)24(32)28-21-9-5-7-17-6-1-2-8-20(17)21/h1-2,6,8,10-13,21-22H,3-5,7,9,14-16H2,(H,27,31)(H,28,32)/t21-,22-/m0/s1. The lowest BCUT2D eigenvalue weighted by Crippen LogP contribution is -2.31. The van der Waals surface area contributed by atoms with Crippen molar-refractivity contribution in [2.75, 3.05) is 18.4 Å². The molecular weight excluding hydrogens is 448 g/mol. The van der Waals surface area contributed by atoms with E-state index in [2.05, 4.69) is 32.7 Å². The van der Waals surface area contributed by atoms with Gasteiger partial charge in [-0.05, 0) is 67.5 Å². The first kappa shape index (κ1) is 22.7. The van der Waals surface area contributed by atoms with Crippen molar-refractivity contribution >= 4 is 40.3 Å². The molecule has 0 aromatic heterocycles. The third kappa shape index (κ3) is 5.01. The number of benzene rings is 2. The van der Waals surface area contributed by atoms with Crippen molar-refractivity contribution < 1.29 is 14.4 Å². The summed E-state index contributed by atoms with van der Waals surface area (Å²) in [5.41, 5.74) is 3.64. The number of hydrogen-bond acceptors (Lipinski definition) is 5. The van der Waals surface area contributed by atoms with Gasteiger partial charge in [-0.1, -0.05) is 36.0 Å². The molecule has 0 bridgehead atoms. The number of carbonyl (C=O) groups is 3. The largest absolute Gasteiger partial charge is 0.351 e. The van der Waals surface area contributed by atoms with E-state index in [-0.39, 0.29) is 30.2 Å². The van der Waals surface area contributed by atoms with Crippen LogP contribution < -0.4 is 10.6 Å². The molecule has 2 aliphatic heterocycles. The molecule has 2 aromatic rings. The van der Waals surface area contributed by atoms with Crippen LogP contribution in [0.4, 0.5) is 5.69 Å². The van der Waals surface area contributed by atoms with Crippen molar-refractivity contribution in [2.24, 2.45) is 4.99 Å². The summed E-state index contributed by atoms with van der Waals surface area (Å²) in [6.45, 7) is 1.84. The summed E-state index contributed by atoms with van der Waals surface area (Å²) < 4.78 is 0. The van der Waals surface area contributed by atoms with Crippen molar-refractivity contribution in [3.63, 3.8) is 0 Å². The number of nitrogens with zero attached hydrogens (tertiary/aromatic N) is 2. The van der Waals surface area contributed by atoms with Gasteiger partial charge in [0, 0.05) is 30.8 Å². The molecule has 0 unspecified atom stereocenters. The molecule has 0 radical (unpaired) electrons. The highest BCUT2D eigenvalue weighted by atomic mass is 32.2. The molecular formula is C26H28N4O3S. The van der Waals surface area contributed by atoms with E-state index < -0.39 is 5.25 Å². The van der Waals surface area contributed by atoms with E-state index >= 15 is 0 Å². The first-order valence-electron chi connectivity index (χ1n) is 11.9. The van der Waals surface area contributed by atoms with Crippen molar-refractivity contribution in [3.8, 4) is 0 Å². The van der Waals surface area contributed by atoms with Gasteiger partial charge in [-0.2, -0.15) is 4.99 Å². The van der Waals surface area contributed by atoms with E-state index in [4.69, 9.17) is 0 Å². The van der Waals surface area contributed by atoms with Crippen molar-refractivity contribution in [1.82, 2.24) is 10.2 Å². The summed E-state index contributed by atoms with van der Waals surface area (Å²) in [7, 11) is 0. The second kappa shape index (κ2) is 10.0. The maximum Gasteiger partial charge on any atom is 0.262 e. The van der Waals surface area contributed by atoms with Crippen LogP contribution in [-0.4, -0.2) is 46.1 Å². The zero-order valence-corrected chi connectivity index (χ0v) is 19.8. The highest BCUT2D eigenvalue weighted by Gasteiger charge is 2.33. The Morgan fingerprint density at radius 3 is 2.59 bits per heavy atom. The molecule has 3 aliphatic rings. The number of carbonyl (C=O) groups excluding carboxylic acids is 3. The number of aliphatic imine (C=N–C) groups is 1. The van der Waals surface area contributed by atoms with E-state index in [0.29, 0.717) is 11.3 Å². The number of amides is 3. The number of anilines is 1. The lowest BCUT2D eigenvalue weighted by molar-refractivity contribution is -0.121. The van der Waals surface area contributed by atoms with Crippen molar-refractivity contribution in [2.45, 2.75) is 49.8 Å². The average molecular weight is 477 g/mol. The van der Waals surface area contributed by atoms with Gasteiger partial charge in [0.1, 0.15) is 5.25 Å². The number of aryl methyl sites for hydroxylation is 1. The molecule has 0 saturated carbocycles. The number of amidine groups is 1. The van der Waals surface area contributed by atoms with Crippen LogP contribution in [0.1, 0.15) is 59.6 Å². The Morgan fingerprint density at radius 2 is 1.79 bits per heavy atom. The normalized spacial score (nSPS) is 21.7. The fourth-order valence-corrected chi connectivity index (χ4v) is 5.90. The highest BCUT2D eigenvalue weighted by Crippen LogP contribution is 2.30. The van der Waals surface area contributed by atoms with Crippen LogP contribution in [-0.2, 0) is 16.0 Å². The number of thioether (sulfide) groups is 1. The number of fused-ring (bicyclic) bond motifs is 1. The molecule has 5 rings (SSSR count). The highest BCUT2D eigenvalue weighted by molar-refractivity contribution is 8.15. The predicted molar refractivity (Wildman–Crippen MR) is 134 cm³/mol. The molecule has 7 nitrogen and oxygen atoms in total. The van der Waals surface area contributed by atoms with Crippen LogP contribution in [0.5, 0.6) is 0 Å². The Balaban J connectivity index is 1.14. The van der Waals surface area contributed by atoms with E-state index in [1.54, 1.807) is 24.3 Å². The first-order valence-corrected chi connectivity index (χ1v) is 12.8. The number of hydrogen-bond donors (Lipinski definition) is 2. The number of rotatable bonds is 5. The zero-order valence-electron chi connectivity index (χ0n) is 19.0. The summed E-state index contributed by atoms with van der Waals surface area (Å²) in [5.74, 6) is -0.600. The Kier molecular flexibility index (Phi) is 6.67. The van der Waals surface area contributed by atoms with Crippen LogP contribution in [0.15, 0.2) is 53.5 Å². The van der Waals surface area contributed by atoms with Gasteiger partial charge in [0.2, 0.25) is 5.91 Å². The second-order valence-electron chi connectivity index (χ2n) is 8.98. The molecule has 2 atom stereocenters. The molecule has 34 heavy (non-hydrogen) atoms. The maximum atomic E-state index is 12.8. The van der Waals surface area contributed by atoms with Gasteiger partial charge in [0.15, 0.2) is 5.17 Å². The lowest BCUT2D eigenvalue weighted by atomic mass is 9.87. The fourth-order valence-electron chi connectivity index (χ4n) is 4.78. The molecule has 1 aliphatic carbocycles. The van der Waals surface area contributed by atoms with Crippen molar-refractivity contribution in [1.29, 1.82) is 0 Å². The van der Waals surface area contributed by atoms with Crippen LogP contribution in [0.3, 0.4) is 0 Å². The van der Waals surface area contributed by atoms with E-state index in [9.17, 15) is 14.4 Å². The quantitative estimate of drug-likeness (QED) is 0.683. The van der Waals surface area contributed by atoms with Gasteiger partial charge >= 0.3 is 0 Å². The molecule has 0 spiro atoms. The minimum atomic E-state index is -0.473. The summed E-state index contributed by atoms with van der Waals surface area (Å²) in [6, 6.07) is 15.1. The van der Waals surface area contributed by atoms with Gasteiger partial charge in [0.05, 0.1) is 6.04 Å². The number of likely N-dealkylation sites (tertiary alicyclic amines) is 1. The molecule has 1 saturated heterocycles. The molecule has 2 N–H and O–H groups in total. The minimum Gasteiger partial charge on any atom is -0.351 e. The van der Waals surface area contributed by atoms with E-state index in [0.717, 1.165) is 50.4 Å². The minimum absolute atomic E-state index is 0.0194. The predicted octanol–water partition coefficient (Wildman–Crippen LogP) is 3.92. The van der Waals surface area contributed by atoms with Gasteiger partial charge in [-0.3, -0.25) is 14.4 Å². The fraction of sp³-hybridized carbons (Fsp3) is 0.385. The third-order valence-corrected chi connectivity index (χ3v) is 7.80. The third-order valence-electron chi connectivity index (χ3n) is 6.58. The summed E-state index contributed by atoms with van der Waals surface area (Å²) in [4.78, 5) is 43.8. The van der Waals surface area contributed by atoms with Gasteiger partial charge in [-0.25, -0.2) is 0 Å². The molecule has 8 heteroatoms. The summed E-state index contributed by atoms with van der Waals surface area (Å²) in [6.07, 6.45) is 5.33. The van der Waals surface area contributed by atoms with Gasteiger partial charge in [0.25, 0.3) is 11.8 Å². The molecule has 176 valence electrons. The lowest BCUT2D eigenvalue weighted by Gasteiger charge is -2.26. The molecule has 3 amide bonds. The van der Waals surface area contributed by atoms with Crippen molar-refractivity contribution in [3.05, 3.63) is 65.2 Å². The monoisotopic (exact) mass is 476 g/mol. The van der Waals surface area contributed by atoms with Crippen LogP contribution >= 0.6 is 11.8 Å². The Labute approximate surface area is 203 Å². The SMILES string of the molecule is O=C(C[C@@H]1SC(N2CCCC2)=NC1=O)Nc1ccc(C(=O)N[C@H]2CCCc3ccccc32)cc1. The molecule has 1 fully saturated rings.